The van der Waals surface area contributed by atoms with Crippen molar-refractivity contribution in [3.05, 3.63) is 29.3 Å². The second-order valence-corrected chi connectivity index (χ2v) is 9.54. The third-order valence-electron chi connectivity index (χ3n) is 3.62. The molecule has 1 rings (SSSR count). The van der Waals surface area contributed by atoms with E-state index in [9.17, 15) is 0 Å². The van der Waals surface area contributed by atoms with Gasteiger partial charge in [0.2, 0.25) is 0 Å². The Kier molecular flexibility index (Phi) is 5.03. The van der Waals surface area contributed by atoms with Crippen LogP contribution in [0.5, 0.6) is 0 Å². The van der Waals surface area contributed by atoms with E-state index in [1.165, 1.54) is 11.1 Å². The number of hydrogen-bond donors (Lipinski definition) is 0. The molecule has 3 atom stereocenters. The number of hydrogen-bond acceptors (Lipinski definition) is 0. The van der Waals surface area contributed by atoms with E-state index in [0.717, 1.165) is 11.9 Å². The largest absolute Gasteiger partial charge is 0.139 e. The minimum Gasteiger partial charge on any atom is -0.139 e. The van der Waals surface area contributed by atoms with Crippen molar-refractivity contribution in [1.82, 2.24) is 0 Å². The lowest BCUT2D eigenvalue weighted by molar-refractivity contribution is 0.565. The Hall–Kier alpha value is 0.210. The highest BCUT2D eigenvalue weighted by Gasteiger charge is 2.34. The van der Waals surface area contributed by atoms with Crippen LogP contribution in [-0.4, -0.2) is 25.9 Å². The first-order valence-electron chi connectivity index (χ1n) is 6.61. The summed E-state index contributed by atoms with van der Waals surface area (Å²) in [4.78, 5) is 0. The highest BCUT2D eigenvalue weighted by Crippen LogP contribution is 2.39. The SMILES string of the molecule is [B]c1cccc(CC([B])(P)C(C)(C)P)c1C(C)(C)C. The molecule has 0 saturated heterocycles. The molecule has 0 aliphatic rings. The van der Waals surface area contributed by atoms with Gasteiger partial charge in [0.1, 0.15) is 7.85 Å². The van der Waals surface area contributed by atoms with Crippen molar-refractivity contribution in [1.29, 1.82) is 0 Å². The smallest absolute Gasteiger partial charge is 0.114 e. The molecule has 0 aliphatic carbocycles. The molecule has 4 radical (unpaired) electrons. The van der Waals surface area contributed by atoms with Crippen LogP contribution in [0.3, 0.4) is 0 Å². The first kappa shape index (κ1) is 17.3. The maximum absolute atomic E-state index is 6.49. The molecule has 0 heterocycles. The van der Waals surface area contributed by atoms with Crippen molar-refractivity contribution in [3.63, 3.8) is 0 Å². The molecule has 1 aromatic rings. The van der Waals surface area contributed by atoms with Crippen LogP contribution < -0.4 is 5.46 Å². The Morgan fingerprint density at radius 2 is 1.58 bits per heavy atom. The van der Waals surface area contributed by atoms with Crippen LogP contribution in [0.4, 0.5) is 0 Å². The Balaban J connectivity index is 3.27. The number of benzene rings is 1. The quantitative estimate of drug-likeness (QED) is 0.592. The van der Waals surface area contributed by atoms with Crippen LogP contribution in [-0.2, 0) is 11.8 Å². The molecule has 0 aromatic heterocycles. The van der Waals surface area contributed by atoms with Crippen molar-refractivity contribution >= 4 is 39.6 Å². The Morgan fingerprint density at radius 3 is 2.00 bits per heavy atom. The number of rotatable bonds is 3. The van der Waals surface area contributed by atoms with Crippen molar-refractivity contribution in [2.45, 2.75) is 56.7 Å². The fourth-order valence-electron chi connectivity index (χ4n) is 2.22. The molecule has 0 bridgehead atoms. The summed E-state index contributed by atoms with van der Waals surface area (Å²) in [5.41, 5.74) is 3.32. The lowest BCUT2D eigenvalue weighted by atomic mass is 9.68. The van der Waals surface area contributed by atoms with Crippen LogP contribution in [0.15, 0.2) is 18.2 Å². The molecule has 0 N–H and O–H groups in total. The molecular formula is C15H24B2P2. The molecule has 3 unspecified atom stereocenters. The van der Waals surface area contributed by atoms with Gasteiger partial charge in [0.25, 0.3) is 0 Å². The summed E-state index contributed by atoms with van der Waals surface area (Å²) in [7, 11) is 18.3. The second-order valence-electron chi connectivity index (χ2n) is 7.07. The molecule has 0 fully saturated rings. The van der Waals surface area contributed by atoms with Gasteiger partial charge in [0, 0.05) is 0 Å². The molecule has 0 nitrogen and oxygen atoms in total. The zero-order valence-electron chi connectivity index (χ0n) is 12.7. The molecule has 0 amide bonds. The lowest BCUT2D eigenvalue weighted by Crippen LogP contribution is -2.43. The third-order valence-corrected chi connectivity index (χ3v) is 5.43. The van der Waals surface area contributed by atoms with Gasteiger partial charge in [0.05, 0.1) is 7.85 Å². The standard InChI is InChI=1S/C15H24B2P2/c1-13(2,3)12-10(7-6-8-11(12)16)9-15(17,19)14(4,5)18/h6-8H,9,18-19H2,1-5H3. The van der Waals surface area contributed by atoms with Crippen molar-refractivity contribution in [3.8, 4) is 0 Å². The van der Waals surface area contributed by atoms with Gasteiger partial charge in [-0.3, -0.25) is 0 Å². The monoisotopic (exact) mass is 288 g/mol. The highest BCUT2D eigenvalue weighted by molar-refractivity contribution is 7.27. The normalized spacial score (nSPS) is 16.2. The van der Waals surface area contributed by atoms with Gasteiger partial charge in [-0.1, -0.05) is 58.3 Å². The molecule has 1 aromatic carbocycles. The van der Waals surface area contributed by atoms with Gasteiger partial charge in [-0.15, -0.1) is 18.5 Å². The van der Waals surface area contributed by atoms with E-state index < -0.39 is 0 Å². The van der Waals surface area contributed by atoms with E-state index in [4.69, 9.17) is 15.7 Å². The summed E-state index contributed by atoms with van der Waals surface area (Å²) in [5.74, 6) is 0. The van der Waals surface area contributed by atoms with Crippen molar-refractivity contribution < 1.29 is 0 Å². The summed E-state index contributed by atoms with van der Waals surface area (Å²) in [5, 5.41) is -0.455. The predicted molar refractivity (Wildman–Crippen MR) is 96.2 cm³/mol. The summed E-state index contributed by atoms with van der Waals surface area (Å²) >= 11 is 0. The molecule has 0 aliphatic heterocycles. The summed E-state index contributed by atoms with van der Waals surface area (Å²) in [6.45, 7) is 10.8. The molecular weight excluding hydrogens is 264 g/mol. The van der Waals surface area contributed by atoms with Gasteiger partial charge in [-0.25, -0.2) is 0 Å². The molecule has 100 valence electrons. The van der Waals surface area contributed by atoms with Crippen molar-refractivity contribution in [2.75, 3.05) is 0 Å². The second kappa shape index (κ2) is 5.54. The van der Waals surface area contributed by atoms with Gasteiger partial charge < -0.3 is 0 Å². The van der Waals surface area contributed by atoms with E-state index in [-0.39, 0.29) is 15.6 Å². The van der Waals surface area contributed by atoms with Gasteiger partial charge in [0.15, 0.2) is 0 Å². The van der Waals surface area contributed by atoms with E-state index in [2.05, 4.69) is 59.2 Å². The zero-order valence-corrected chi connectivity index (χ0v) is 15.1. The zero-order chi connectivity index (χ0) is 15.1. The van der Waals surface area contributed by atoms with E-state index in [1.807, 2.05) is 12.1 Å². The molecule has 0 spiro atoms. The predicted octanol–water partition coefficient (Wildman–Crippen LogP) is 2.71. The molecule has 4 heteroatoms. The van der Waals surface area contributed by atoms with Gasteiger partial charge >= 0.3 is 0 Å². The average Bonchev–Trinajstić information content (AvgIpc) is 2.12. The maximum Gasteiger partial charge on any atom is 0.114 e. The van der Waals surface area contributed by atoms with Crippen LogP contribution in [0, 0.1) is 0 Å². The minimum atomic E-state index is -0.383. The first-order chi connectivity index (χ1) is 8.36. The van der Waals surface area contributed by atoms with Crippen LogP contribution in [0.2, 0.25) is 0 Å². The fourth-order valence-corrected chi connectivity index (χ4v) is 2.55. The summed E-state index contributed by atoms with van der Waals surface area (Å²) < 4.78 is 0. The molecule has 0 saturated carbocycles. The fraction of sp³-hybridized carbons (Fsp3) is 0.600. The maximum atomic E-state index is 6.49. The van der Waals surface area contributed by atoms with Crippen molar-refractivity contribution in [2.24, 2.45) is 0 Å². The Morgan fingerprint density at radius 1 is 1.05 bits per heavy atom. The van der Waals surface area contributed by atoms with E-state index in [0.29, 0.717) is 0 Å². The summed E-state index contributed by atoms with van der Waals surface area (Å²) in [6.07, 6.45) is 0.784. The van der Waals surface area contributed by atoms with Crippen LogP contribution >= 0.6 is 18.5 Å². The topological polar surface area (TPSA) is 0 Å². The summed E-state index contributed by atoms with van der Waals surface area (Å²) in [6, 6.07) is 6.12. The molecule has 19 heavy (non-hydrogen) atoms. The lowest BCUT2D eigenvalue weighted by Gasteiger charge is -2.40. The third kappa shape index (κ3) is 4.09. The van der Waals surface area contributed by atoms with E-state index >= 15 is 0 Å². The first-order valence-corrected chi connectivity index (χ1v) is 7.76. The van der Waals surface area contributed by atoms with Gasteiger partial charge in [-0.05, 0) is 33.2 Å². The average molecular weight is 288 g/mol. The van der Waals surface area contributed by atoms with Crippen LogP contribution in [0.25, 0.3) is 0 Å². The Bertz CT molecular complexity index is 454. The van der Waals surface area contributed by atoms with Crippen LogP contribution in [0.1, 0.15) is 45.7 Å². The van der Waals surface area contributed by atoms with E-state index in [1.54, 1.807) is 0 Å². The highest BCUT2D eigenvalue weighted by atomic mass is 31.0. The Labute approximate surface area is 126 Å². The van der Waals surface area contributed by atoms with Gasteiger partial charge in [-0.2, -0.15) is 0 Å². The minimum absolute atomic E-state index is 0.0203.